The molecule has 1 aliphatic heterocycles. The van der Waals surface area contributed by atoms with E-state index in [0.717, 1.165) is 23.3 Å². The number of benzene rings is 1. The molecule has 0 bridgehead atoms. The van der Waals surface area contributed by atoms with Gasteiger partial charge in [-0.25, -0.2) is 4.79 Å². The topological polar surface area (TPSA) is 44.8 Å². The summed E-state index contributed by atoms with van der Waals surface area (Å²) in [6.07, 6.45) is 5.38. The lowest BCUT2D eigenvalue weighted by molar-refractivity contribution is -0.146. The van der Waals surface area contributed by atoms with Gasteiger partial charge in [0, 0.05) is 28.5 Å². The molecule has 0 spiro atoms. The molecule has 0 fully saturated rings. The third-order valence-electron chi connectivity index (χ3n) is 3.61. The van der Waals surface area contributed by atoms with Gasteiger partial charge in [-0.15, -0.1) is 0 Å². The first-order valence-corrected chi connectivity index (χ1v) is 6.87. The van der Waals surface area contributed by atoms with E-state index >= 15 is 0 Å². The summed E-state index contributed by atoms with van der Waals surface area (Å²) < 4.78 is 15.9. The van der Waals surface area contributed by atoms with Crippen LogP contribution in [0.4, 0.5) is 0 Å². The minimum atomic E-state index is -0.399. The van der Waals surface area contributed by atoms with Crippen LogP contribution in [0.25, 0.3) is 0 Å². The van der Waals surface area contributed by atoms with Gasteiger partial charge in [-0.05, 0) is 12.1 Å². The van der Waals surface area contributed by atoms with E-state index in [2.05, 4.69) is 16.9 Å². The highest BCUT2D eigenvalue weighted by molar-refractivity contribution is 6.30. The number of carbonyl (C=O) groups excluding carboxylic acids is 1. The first-order valence-electron chi connectivity index (χ1n) is 6.49. The molecule has 1 aromatic rings. The molecule has 0 saturated carbocycles. The molecule has 5 heteroatoms. The van der Waals surface area contributed by atoms with Crippen LogP contribution >= 0.6 is 11.6 Å². The fourth-order valence-corrected chi connectivity index (χ4v) is 2.93. The molecule has 1 aliphatic carbocycles. The normalized spacial score (nSPS) is 22.3. The molecule has 0 saturated heterocycles. The maximum absolute atomic E-state index is 11.0. The van der Waals surface area contributed by atoms with Crippen molar-refractivity contribution in [1.29, 1.82) is 0 Å². The van der Waals surface area contributed by atoms with Crippen molar-refractivity contribution >= 4 is 17.6 Å². The number of rotatable bonds is 4. The van der Waals surface area contributed by atoms with Gasteiger partial charge < -0.3 is 14.2 Å². The van der Waals surface area contributed by atoms with E-state index in [1.165, 1.54) is 7.11 Å². The van der Waals surface area contributed by atoms with Crippen molar-refractivity contribution in [1.82, 2.24) is 0 Å². The Kier molecular flexibility index (Phi) is 3.68. The van der Waals surface area contributed by atoms with Crippen LogP contribution in [0.3, 0.4) is 0 Å². The quantitative estimate of drug-likeness (QED) is 0.633. The second kappa shape index (κ2) is 5.46. The average molecular weight is 295 g/mol. The number of methoxy groups -OCH3 is 1. The van der Waals surface area contributed by atoms with E-state index in [-0.39, 0.29) is 25.2 Å². The zero-order valence-electron chi connectivity index (χ0n) is 11.1. The molecular weight excluding hydrogens is 280 g/mol. The summed E-state index contributed by atoms with van der Waals surface area (Å²) >= 11 is 6.16. The van der Waals surface area contributed by atoms with Crippen molar-refractivity contribution in [2.45, 2.75) is 25.0 Å². The summed E-state index contributed by atoms with van der Waals surface area (Å²) in [6.45, 7) is 0.200. The molecule has 0 N–H and O–H groups in total. The number of fused-ring (bicyclic) bond motifs is 3. The van der Waals surface area contributed by atoms with Crippen molar-refractivity contribution in [3.05, 3.63) is 40.4 Å². The average Bonchev–Trinajstić information content (AvgIpc) is 3.00. The van der Waals surface area contributed by atoms with Crippen LogP contribution in [0.5, 0.6) is 5.75 Å². The maximum atomic E-state index is 11.0. The molecule has 4 nitrogen and oxygen atoms in total. The Balaban J connectivity index is 1.79. The second-order valence-electron chi connectivity index (χ2n) is 4.90. The number of esters is 1. The van der Waals surface area contributed by atoms with Crippen LogP contribution in [-0.4, -0.2) is 25.8 Å². The van der Waals surface area contributed by atoms with E-state index in [0.29, 0.717) is 5.02 Å². The van der Waals surface area contributed by atoms with Gasteiger partial charge in [0.2, 0.25) is 0 Å². The highest BCUT2D eigenvalue weighted by Crippen LogP contribution is 2.46. The third-order valence-corrected chi connectivity index (χ3v) is 3.82. The molecule has 3 rings (SSSR count). The van der Waals surface area contributed by atoms with E-state index < -0.39 is 5.97 Å². The summed E-state index contributed by atoms with van der Waals surface area (Å²) in [5.41, 5.74) is 1.98. The van der Waals surface area contributed by atoms with Crippen LogP contribution in [-0.2, 0) is 20.9 Å². The minimum Gasteiger partial charge on any atom is -0.488 e. The van der Waals surface area contributed by atoms with Gasteiger partial charge >= 0.3 is 5.97 Å². The van der Waals surface area contributed by atoms with Crippen LogP contribution in [0.2, 0.25) is 5.02 Å². The highest BCUT2D eigenvalue weighted by Gasteiger charge is 2.36. The van der Waals surface area contributed by atoms with E-state index in [1.807, 2.05) is 12.1 Å². The van der Waals surface area contributed by atoms with Gasteiger partial charge in [0.1, 0.15) is 18.5 Å². The number of ether oxygens (including phenoxy) is 3. The third kappa shape index (κ3) is 2.41. The van der Waals surface area contributed by atoms with Gasteiger partial charge in [-0.3, -0.25) is 0 Å². The Labute approximate surface area is 122 Å². The Morgan fingerprint density at radius 2 is 2.35 bits per heavy atom. The van der Waals surface area contributed by atoms with Crippen molar-refractivity contribution in [3.63, 3.8) is 0 Å². The number of hydrogen-bond acceptors (Lipinski definition) is 4. The van der Waals surface area contributed by atoms with E-state index in [1.54, 1.807) is 0 Å². The number of halogens is 1. The Bertz CT molecular complexity index is 567. The molecule has 0 amide bonds. The first kappa shape index (κ1) is 13.5. The molecular formula is C15H15ClO4. The van der Waals surface area contributed by atoms with Gasteiger partial charge in [0.15, 0.2) is 0 Å². The molecule has 1 aromatic carbocycles. The van der Waals surface area contributed by atoms with Crippen molar-refractivity contribution in [3.8, 4) is 5.75 Å². The molecule has 20 heavy (non-hydrogen) atoms. The number of hydrogen-bond donors (Lipinski definition) is 0. The summed E-state index contributed by atoms with van der Waals surface area (Å²) in [5, 5.41) is 0.657. The highest BCUT2D eigenvalue weighted by atomic mass is 35.5. The zero-order chi connectivity index (χ0) is 14.1. The fourth-order valence-electron chi connectivity index (χ4n) is 2.68. The lowest BCUT2D eigenvalue weighted by Crippen LogP contribution is -2.12. The molecule has 1 heterocycles. The minimum absolute atomic E-state index is 0.0788. The SMILES string of the molecule is COC(=O)COCc1cc(Cl)cc2c1O[C@@H]1CC=C[C@H]21. The van der Waals surface area contributed by atoms with Crippen LogP contribution in [0.15, 0.2) is 24.3 Å². The van der Waals surface area contributed by atoms with Crippen molar-refractivity contribution < 1.29 is 19.0 Å². The van der Waals surface area contributed by atoms with Gasteiger partial charge in [0.05, 0.1) is 13.7 Å². The van der Waals surface area contributed by atoms with Crippen LogP contribution in [0, 0.1) is 0 Å². The van der Waals surface area contributed by atoms with Crippen molar-refractivity contribution in [2.75, 3.05) is 13.7 Å². The molecule has 0 radical (unpaired) electrons. The molecule has 2 atom stereocenters. The smallest absolute Gasteiger partial charge is 0.331 e. The first-order chi connectivity index (χ1) is 9.69. The lowest BCUT2D eigenvalue weighted by atomic mass is 9.97. The molecule has 2 aliphatic rings. The molecule has 0 aromatic heterocycles. The Morgan fingerprint density at radius 1 is 1.50 bits per heavy atom. The maximum Gasteiger partial charge on any atom is 0.331 e. The van der Waals surface area contributed by atoms with E-state index in [9.17, 15) is 4.79 Å². The summed E-state index contributed by atoms with van der Waals surface area (Å²) in [7, 11) is 1.33. The monoisotopic (exact) mass is 294 g/mol. The number of carbonyl (C=O) groups is 1. The standard InChI is InChI=1S/C15H15ClO4/c1-18-14(17)8-19-7-9-5-10(16)6-12-11-3-2-4-13(11)20-15(9)12/h2-3,5-6,11,13H,4,7-8H2,1H3/t11-,13-/m1/s1. The molecule has 106 valence electrons. The van der Waals surface area contributed by atoms with Crippen LogP contribution in [0.1, 0.15) is 23.5 Å². The fraction of sp³-hybridized carbons (Fsp3) is 0.400. The Morgan fingerprint density at radius 3 is 3.15 bits per heavy atom. The summed E-state index contributed by atoms with van der Waals surface area (Å²) in [4.78, 5) is 11.0. The van der Waals surface area contributed by atoms with Crippen molar-refractivity contribution in [2.24, 2.45) is 0 Å². The van der Waals surface area contributed by atoms with Gasteiger partial charge in [-0.2, -0.15) is 0 Å². The predicted molar refractivity (Wildman–Crippen MR) is 74.0 cm³/mol. The summed E-state index contributed by atoms with van der Waals surface area (Å²) in [5.74, 6) is 0.728. The summed E-state index contributed by atoms with van der Waals surface area (Å²) in [6, 6.07) is 3.77. The molecule has 0 unspecified atom stereocenters. The van der Waals surface area contributed by atoms with E-state index in [4.69, 9.17) is 21.1 Å². The largest absolute Gasteiger partial charge is 0.488 e. The van der Waals surface area contributed by atoms with Gasteiger partial charge in [-0.1, -0.05) is 23.8 Å². The second-order valence-corrected chi connectivity index (χ2v) is 5.33. The zero-order valence-corrected chi connectivity index (χ0v) is 11.9. The van der Waals surface area contributed by atoms with Crippen LogP contribution < -0.4 is 4.74 Å². The predicted octanol–water partition coefficient (Wildman–Crippen LogP) is 2.83. The Hall–Kier alpha value is -1.52. The lowest BCUT2D eigenvalue weighted by Gasteiger charge is -2.11. The van der Waals surface area contributed by atoms with Gasteiger partial charge in [0.25, 0.3) is 0 Å².